The standard InChI is InChI=1S/C24H30O6/c1-27-19-28-17-10-4-9-15-22(30-24(26)21-13-7-3-8-14-21)16-18-29-23(25)20-11-5-2-6-12-20/h2-3,5-8,11-14,22H,4,9-10,15-19H2,1H3/t22-/m0/s1. The highest BCUT2D eigenvalue weighted by Gasteiger charge is 2.17. The first kappa shape index (κ1) is 23.6. The third-order valence-electron chi connectivity index (χ3n) is 4.48. The number of carbonyl (C=O) groups is 2. The van der Waals surface area contributed by atoms with Crippen LogP contribution < -0.4 is 0 Å². The smallest absolute Gasteiger partial charge is 0.338 e. The molecule has 0 heterocycles. The lowest BCUT2D eigenvalue weighted by Crippen LogP contribution is -2.21. The fourth-order valence-electron chi connectivity index (χ4n) is 2.89. The number of methoxy groups -OCH3 is 1. The second-order valence-corrected chi connectivity index (χ2v) is 6.85. The van der Waals surface area contributed by atoms with Gasteiger partial charge in [-0.2, -0.15) is 0 Å². The molecule has 0 radical (unpaired) electrons. The highest BCUT2D eigenvalue weighted by Crippen LogP contribution is 2.14. The van der Waals surface area contributed by atoms with Crippen LogP contribution in [0, 0.1) is 0 Å². The number of hydrogen-bond donors (Lipinski definition) is 0. The van der Waals surface area contributed by atoms with Crippen molar-refractivity contribution in [2.75, 3.05) is 27.1 Å². The molecular formula is C24H30O6. The lowest BCUT2D eigenvalue weighted by Gasteiger charge is -2.18. The maximum Gasteiger partial charge on any atom is 0.338 e. The lowest BCUT2D eigenvalue weighted by molar-refractivity contribution is -0.0318. The molecule has 30 heavy (non-hydrogen) atoms. The number of benzene rings is 2. The van der Waals surface area contributed by atoms with Crippen molar-refractivity contribution in [3.63, 3.8) is 0 Å². The Labute approximate surface area is 178 Å². The zero-order valence-electron chi connectivity index (χ0n) is 17.5. The molecule has 6 heteroatoms. The molecule has 2 aromatic carbocycles. The molecular weight excluding hydrogens is 384 g/mol. The van der Waals surface area contributed by atoms with Gasteiger partial charge in [-0.15, -0.1) is 0 Å². The molecule has 0 saturated heterocycles. The van der Waals surface area contributed by atoms with Crippen LogP contribution in [-0.2, 0) is 18.9 Å². The van der Waals surface area contributed by atoms with E-state index in [1.54, 1.807) is 55.6 Å². The number of unbranched alkanes of at least 4 members (excludes halogenated alkanes) is 2. The van der Waals surface area contributed by atoms with Crippen molar-refractivity contribution >= 4 is 11.9 Å². The molecule has 0 aliphatic heterocycles. The van der Waals surface area contributed by atoms with Gasteiger partial charge in [-0.3, -0.25) is 0 Å². The van der Waals surface area contributed by atoms with Crippen LogP contribution in [0.2, 0.25) is 0 Å². The topological polar surface area (TPSA) is 71.1 Å². The largest absolute Gasteiger partial charge is 0.462 e. The van der Waals surface area contributed by atoms with Crippen LogP contribution in [0.25, 0.3) is 0 Å². The van der Waals surface area contributed by atoms with Crippen molar-refractivity contribution in [2.45, 2.75) is 38.2 Å². The van der Waals surface area contributed by atoms with E-state index < -0.39 is 0 Å². The van der Waals surface area contributed by atoms with Crippen LogP contribution in [0.1, 0.15) is 52.8 Å². The van der Waals surface area contributed by atoms with Crippen LogP contribution >= 0.6 is 0 Å². The Morgan fingerprint density at radius 3 is 2.03 bits per heavy atom. The fraction of sp³-hybridized carbons (Fsp3) is 0.417. The summed E-state index contributed by atoms with van der Waals surface area (Å²) in [5.74, 6) is -0.738. The number of rotatable bonds is 14. The minimum Gasteiger partial charge on any atom is -0.462 e. The highest BCUT2D eigenvalue weighted by molar-refractivity contribution is 5.89. The monoisotopic (exact) mass is 414 g/mol. The summed E-state index contributed by atoms with van der Waals surface area (Å²) in [5.41, 5.74) is 1.02. The first-order chi connectivity index (χ1) is 14.7. The summed E-state index contributed by atoms with van der Waals surface area (Å²) in [6, 6.07) is 17.7. The van der Waals surface area contributed by atoms with E-state index >= 15 is 0 Å². The van der Waals surface area contributed by atoms with E-state index in [-0.39, 0.29) is 24.6 Å². The Hall–Kier alpha value is -2.70. The zero-order chi connectivity index (χ0) is 21.4. The van der Waals surface area contributed by atoms with Gasteiger partial charge in [0, 0.05) is 20.1 Å². The third kappa shape index (κ3) is 9.20. The van der Waals surface area contributed by atoms with E-state index in [0.29, 0.717) is 37.4 Å². The Morgan fingerprint density at radius 1 is 0.767 bits per heavy atom. The maximum absolute atomic E-state index is 12.4. The molecule has 1 atom stereocenters. The Bertz CT molecular complexity index is 732. The predicted octanol–water partition coefficient (Wildman–Crippen LogP) is 4.64. The van der Waals surface area contributed by atoms with Gasteiger partial charge < -0.3 is 18.9 Å². The van der Waals surface area contributed by atoms with Gasteiger partial charge in [-0.1, -0.05) is 42.8 Å². The second-order valence-electron chi connectivity index (χ2n) is 6.85. The molecule has 0 aliphatic carbocycles. The molecule has 0 aliphatic rings. The summed E-state index contributed by atoms with van der Waals surface area (Å²) in [6.07, 6.45) is 3.58. The van der Waals surface area contributed by atoms with Crippen LogP contribution in [0.4, 0.5) is 0 Å². The van der Waals surface area contributed by atoms with Gasteiger partial charge in [0.1, 0.15) is 12.9 Å². The van der Waals surface area contributed by atoms with Gasteiger partial charge >= 0.3 is 11.9 Å². The van der Waals surface area contributed by atoms with E-state index in [2.05, 4.69) is 0 Å². The summed E-state index contributed by atoms with van der Waals surface area (Å²) >= 11 is 0. The first-order valence-electron chi connectivity index (χ1n) is 10.3. The normalized spacial score (nSPS) is 11.6. The second kappa shape index (κ2) is 14.3. The first-order valence-corrected chi connectivity index (χ1v) is 10.3. The summed E-state index contributed by atoms with van der Waals surface area (Å²) in [7, 11) is 1.59. The SMILES string of the molecule is COCOCCCCC[C@@H](CCOC(=O)c1ccccc1)OC(=O)c1ccccc1. The third-order valence-corrected chi connectivity index (χ3v) is 4.48. The maximum atomic E-state index is 12.4. The van der Waals surface area contributed by atoms with Gasteiger partial charge in [-0.05, 0) is 43.5 Å². The van der Waals surface area contributed by atoms with E-state index in [1.165, 1.54) is 0 Å². The molecule has 0 aromatic heterocycles. The minimum absolute atomic E-state index is 0.192. The van der Waals surface area contributed by atoms with Crippen molar-refractivity contribution in [3.8, 4) is 0 Å². The van der Waals surface area contributed by atoms with E-state index in [1.807, 2.05) is 12.1 Å². The number of carbonyl (C=O) groups excluding carboxylic acids is 2. The number of ether oxygens (including phenoxy) is 4. The Balaban J connectivity index is 1.80. The van der Waals surface area contributed by atoms with E-state index in [4.69, 9.17) is 18.9 Å². The molecule has 2 rings (SSSR count). The fourth-order valence-corrected chi connectivity index (χ4v) is 2.89. The van der Waals surface area contributed by atoms with Gasteiger partial charge in [0.2, 0.25) is 0 Å². The van der Waals surface area contributed by atoms with Crippen molar-refractivity contribution in [1.82, 2.24) is 0 Å². The average Bonchev–Trinajstić information content (AvgIpc) is 2.79. The van der Waals surface area contributed by atoms with Gasteiger partial charge in [-0.25, -0.2) is 9.59 Å². The molecule has 0 fully saturated rings. The molecule has 0 unspecified atom stereocenters. The van der Waals surface area contributed by atoms with Crippen molar-refractivity contribution < 1.29 is 28.5 Å². The number of esters is 2. The molecule has 0 amide bonds. The lowest BCUT2D eigenvalue weighted by atomic mass is 10.1. The van der Waals surface area contributed by atoms with Crippen LogP contribution in [0.3, 0.4) is 0 Å². The molecule has 0 N–H and O–H groups in total. The van der Waals surface area contributed by atoms with Gasteiger partial charge in [0.25, 0.3) is 0 Å². The summed E-state index contributed by atoms with van der Waals surface area (Å²) < 4.78 is 21.2. The summed E-state index contributed by atoms with van der Waals surface area (Å²) in [4.78, 5) is 24.5. The molecule has 6 nitrogen and oxygen atoms in total. The van der Waals surface area contributed by atoms with Crippen molar-refractivity contribution in [3.05, 3.63) is 71.8 Å². The highest BCUT2D eigenvalue weighted by atomic mass is 16.7. The van der Waals surface area contributed by atoms with Gasteiger partial charge in [0.15, 0.2) is 0 Å². The Kier molecular flexibility index (Phi) is 11.2. The van der Waals surface area contributed by atoms with Crippen LogP contribution in [0.15, 0.2) is 60.7 Å². The average molecular weight is 414 g/mol. The number of hydrogen-bond acceptors (Lipinski definition) is 6. The zero-order valence-corrected chi connectivity index (χ0v) is 17.5. The van der Waals surface area contributed by atoms with E-state index in [0.717, 1.165) is 19.3 Å². The van der Waals surface area contributed by atoms with Crippen molar-refractivity contribution in [1.29, 1.82) is 0 Å². The quantitative estimate of drug-likeness (QED) is 0.255. The molecule has 0 bridgehead atoms. The molecule has 0 saturated carbocycles. The summed E-state index contributed by atoms with van der Waals surface area (Å²) in [6.45, 7) is 1.12. The van der Waals surface area contributed by atoms with Crippen molar-refractivity contribution in [2.24, 2.45) is 0 Å². The Morgan fingerprint density at radius 2 is 1.40 bits per heavy atom. The summed E-state index contributed by atoms with van der Waals surface area (Å²) in [5, 5.41) is 0. The van der Waals surface area contributed by atoms with E-state index in [9.17, 15) is 9.59 Å². The molecule has 0 spiro atoms. The van der Waals surface area contributed by atoms with Crippen LogP contribution in [-0.4, -0.2) is 45.2 Å². The van der Waals surface area contributed by atoms with Gasteiger partial charge in [0.05, 0.1) is 17.7 Å². The predicted molar refractivity (Wildman–Crippen MR) is 113 cm³/mol. The molecule has 162 valence electrons. The van der Waals surface area contributed by atoms with Crippen LogP contribution in [0.5, 0.6) is 0 Å². The minimum atomic E-state index is -0.376. The molecule has 2 aromatic rings.